The largest absolute Gasteiger partial charge is 0.508 e. The highest BCUT2D eigenvalue weighted by Gasteiger charge is 2.39. The number of aryl methyl sites for hydroxylation is 1. The Bertz CT molecular complexity index is 742. The minimum Gasteiger partial charge on any atom is -0.508 e. The standard InChI is InChI=1S/C23H34N2O4/c1-14(2)19-7-5-15(3)9-21(19)29-23(28)25-12-18(13-25)22(27)24-11-17-6-8-20(26)16(4)10-17/h6,8,10,14-15,18-19,21,26H,5,7,9,11-13H2,1-4H3,(H,24,27)/t15-,19+,21-/m1/s1. The molecule has 29 heavy (non-hydrogen) atoms. The fraction of sp³-hybridized carbons (Fsp3) is 0.652. The van der Waals surface area contributed by atoms with Gasteiger partial charge in [-0.2, -0.15) is 0 Å². The van der Waals surface area contributed by atoms with Gasteiger partial charge in [-0.3, -0.25) is 4.79 Å². The van der Waals surface area contributed by atoms with Crippen molar-refractivity contribution in [2.45, 2.75) is 59.6 Å². The molecule has 2 amide bonds. The Labute approximate surface area is 173 Å². The van der Waals surface area contributed by atoms with E-state index in [1.807, 2.05) is 13.0 Å². The second kappa shape index (κ2) is 9.06. The Balaban J connectivity index is 1.44. The average molecular weight is 403 g/mol. The van der Waals surface area contributed by atoms with Crippen molar-refractivity contribution in [3.05, 3.63) is 29.3 Å². The van der Waals surface area contributed by atoms with E-state index in [9.17, 15) is 14.7 Å². The molecule has 1 aromatic carbocycles. The average Bonchev–Trinajstić information content (AvgIpc) is 2.61. The third-order valence-corrected chi connectivity index (χ3v) is 6.45. The van der Waals surface area contributed by atoms with Crippen LogP contribution in [0.3, 0.4) is 0 Å². The lowest BCUT2D eigenvalue weighted by Gasteiger charge is -2.41. The van der Waals surface area contributed by atoms with Gasteiger partial charge in [0.1, 0.15) is 11.9 Å². The first-order valence-corrected chi connectivity index (χ1v) is 10.8. The zero-order valence-electron chi connectivity index (χ0n) is 18.0. The number of aromatic hydroxyl groups is 1. The molecule has 1 aromatic rings. The van der Waals surface area contributed by atoms with E-state index in [4.69, 9.17) is 4.74 Å². The Morgan fingerprint density at radius 1 is 1.28 bits per heavy atom. The second-order valence-corrected chi connectivity index (χ2v) is 9.19. The summed E-state index contributed by atoms with van der Waals surface area (Å²) in [6.45, 7) is 9.67. The molecule has 6 heteroatoms. The van der Waals surface area contributed by atoms with Crippen molar-refractivity contribution in [2.75, 3.05) is 13.1 Å². The molecule has 6 nitrogen and oxygen atoms in total. The maximum absolute atomic E-state index is 12.5. The topological polar surface area (TPSA) is 78.9 Å². The highest BCUT2D eigenvalue weighted by atomic mass is 16.6. The molecule has 1 heterocycles. The van der Waals surface area contributed by atoms with Crippen molar-refractivity contribution >= 4 is 12.0 Å². The first-order valence-electron chi connectivity index (χ1n) is 10.8. The number of nitrogens with one attached hydrogen (secondary N) is 1. The van der Waals surface area contributed by atoms with Crippen molar-refractivity contribution < 1.29 is 19.4 Å². The normalized spacial score (nSPS) is 24.9. The summed E-state index contributed by atoms with van der Waals surface area (Å²) >= 11 is 0. The van der Waals surface area contributed by atoms with Gasteiger partial charge in [-0.1, -0.05) is 39.3 Å². The molecular formula is C23H34N2O4. The van der Waals surface area contributed by atoms with E-state index in [-0.39, 0.29) is 29.8 Å². The number of carbonyl (C=O) groups excluding carboxylic acids is 2. The summed E-state index contributed by atoms with van der Waals surface area (Å²) in [7, 11) is 0. The van der Waals surface area contributed by atoms with Crippen LogP contribution in [0, 0.1) is 30.6 Å². The first kappa shape index (κ1) is 21.5. The molecule has 0 bridgehead atoms. The van der Waals surface area contributed by atoms with E-state index in [1.54, 1.807) is 17.0 Å². The third-order valence-electron chi connectivity index (χ3n) is 6.45. The van der Waals surface area contributed by atoms with Crippen molar-refractivity contribution in [2.24, 2.45) is 23.7 Å². The van der Waals surface area contributed by atoms with Crippen molar-refractivity contribution in [1.29, 1.82) is 0 Å². The molecule has 0 spiro atoms. The molecule has 0 aromatic heterocycles. The van der Waals surface area contributed by atoms with Gasteiger partial charge in [-0.15, -0.1) is 0 Å². The van der Waals surface area contributed by atoms with Gasteiger partial charge in [-0.25, -0.2) is 4.79 Å². The Hall–Kier alpha value is -2.24. The maximum atomic E-state index is 12.5. The van der Waals surface area contributed by atoms with Gasteiger partial charge in [0.2, 0.25) is 5.91 Å². The van der Waals surface area contributed by atoms with Gasteiger partial charge < -0.3 is 20.1 Å². The van der Waals surface area contributed by atoms with E-state index in [0.29, 0.717) is 37.4 Å². The van der Waals surface area contributed by atoms with E-state index >= 15 is 0 Å². The Kier molecular flexibility index (Phi) is 6.70. The van der Waals surface area contributed by atoms with Crippen LogP contribution in [-0.2, 0) is 16.1 Å². The van der Waals surface area contributed by atoms with Gasteiger partial charge in [0, 0.05) is 19.6 Å². The van der Waals surface area contributed by atoms with Crippen LogP contribution in [0.15, 0.2) is 18.2 Å². The van der Waals surface area contributed by atoms with Gasteiger partial charge in [0.15, 0.2) is 0 Å². The molecule has 0 unspecified atom stereocenters. The molecule has 1 aliphatic carbocycles. The molecular weight excluding hydrogens is 368 g/mol. The predicted molar refractivity (Wildman–Crippen MR) is 111 cm³/mol. The number of likely N-dealkylation sites (tertiary alicyclic amines) is 1. The SMILES string of the molecule is Cc1cc(CNC(=O)C2CN(C(=O)O[C@@H]3C[C@H](C)CC[C@H]3C(C)C)C2)ccc1O. The van der Waals surface area contributed by atoms with Crippen LogP contribution < -0.4 is 5.32 Å². The maximum Gasteiger partial charge on any atom is 0.410 e. The van der Waals surface area contributed by atoms with Crippen LogP contribution in [0.5, 0.6) is 5.75 Å². The molecule has 3 atom stereocenters. The lowest BCUT2D eigenvalue weighted by atomic mass is 9.75. The van der Waals surface area contributed by atoms with Crippen molar-refractivity contribution in [3.63, 3.8) is 0 Å². The smallest absolute Gasteiger partial charge is 0.410 e. The third kappa shape index (κ3) is 5.22. The van der Waals surface area contributed by atoms with E-state index in [2.05, 4.69) is 26.1 Å². The quantitative estimate of drug-likeness (QED) is 0.784. The highest BCUT2D eigenvalue weighted by Crippen LogP contribution is 2.36. The van der Waals surface area contributed by atoms with Crippen molar-refractivity contribution in [3.8, 4) is 5.75 Å². The number of phenolic OH excluding ortho intramolecular Hbond substituents is 1. The molecule has 0 radical (unpaired) electrons. The van der Waals surface area contributed by atoms with Gasteiger partial charge >= 0.3 is 6.09 Å². The minimum atomic E-state index is -0.284. The number of nitrogens with zero attached hydrogens (tertiary/aromatic N) is 1. The number of rotatable bonds is 5. The molecule has 2 fully saturated rings. The highest BCUT2D eigenvalue weighted by molar-refractivity contribution is 5.82. The number of ether oxygens (including phenoxy) is 1. The summed E-state index contributed by atoms with van der Waals surface area (Å²) in [6, 6.07) is 5.29. The molecule has 3 rings (SSSR count). The fourth-order valence-electron chi connectivity index (χ4n) is 4.41. The lowest BCUT2D eigenvalue weighted by Crippen LogP contribution is -2.56. The number of amides is 2. The van der Waals surface area contributed by atoms with E-state index in [0.717, 1.165) is 24.0 Å². The number of hydrogen-bond donors (Lipinski definition) is 2. The summed E-state index contributed by atoms with van der Waals surface area (Å²) in [5, 5.41) is 12.5. The van der Waals surface area contributed by atoms with E-state index < -0.39 is 0 Å². The Morgan fingerprint density at radius 2 is 2.00 bits per heavy atom. The van der Waals surface area contributed by atoms with Crippen LogP contribution >= 0.6 is 0 Å². The Morgan fingerprint density at radius 3 is 2.66 bits per heavy atom. The molecule has 1 saturated heterocycles. The molecule has 160 valence electrons. The van der Waals surface area contributed by atoms with Crippen LogP contribution in [0.4, 0.5) is 4.79 Å². The number of carbonyl (C=O) groups is 2. The number of hydrogen-bond acceptors (Lipinski definition) is 4. The van der Waals surface area contributed by atoms with E-state index in [1.165, 1.54) is 6.42 Å². The monoisotopic (exact) mass is 402 g/mol. The summed E-state index contributed by atoms with van der Waals surface area (Å²) in [6.07, 6.45) is 2.94. The van der Waals surface area contributed by atoms with Crippen molar-refractivity contribution in [1.82, 2.24) is 10.2 Å². The predicted octanol–water partition coefficient (Wildman–Crippen LogP) is 3.85. The number of benzene rings is 1. The van der Waals surface area contributed by atoms with Crippen LogP contribution in [0.2, 0.25) is 0 Å². The molecule has 2 aliphatic rings. The van der Waals surface area contributed by atoms with Crippen LogP contribution in [-0.4, -0.2) is 41.2 Å². The van der Waals surface area contributed by atoms with Crippen LogP contribution in [0.25, 0.3) is 0 Å². The molecule has 2 N–H and O–H groups in total. The van der Waals surface area contributed by atoms with Gasteiger partial charge in [0.25, 0.3) is 0 Å². The van der Waals surface area contributed by atoms with Gasteiger partial charge in [0.05, 0.1) is 5.92 Å². The summed E-state index contributed by atoms with van der Waals surface area (Å²) in [5.74, 6) is 1.52. The molecule has 1 saturated carbocycles. The van der Waals surface area contributed by atoms with Crippen LogP contribution in [0.1, 0.15) is 51.2 Å². The number of phenols is 1. The first-order chi connectivity index (χ1) is 13.7. The zero-order valence-corrected chi connectivity index (χ0v) is 18.0. The zero-order chi connectivity index (χ0) is 21.1. The fourth-order valence-corrected chi connectivity index (χ4v) is 4.41. The summed E-state index contributed by atoms with van der Waals surface area (Å²) in [5.41, 5.74) is 1.72. The summed E-state index contributed by atoms with van der Waals surface area (Å²) in [4.78, 5) is 26.5. The molecule has 1 aliphatic heterocycles. The minimum absolute atomic E-state index is 0.0168. The second-order valence-electron chi connectivity index (χ2n) is 9.19. The summed E-state index contributed by atoms with van der Waals surface area (Å²) < 4.78 is 5.85. The lowest BCUT2D eigenvalue weighted by molar-refractivity contribution is -0.129. The van der Waals surface area contributed by atoms with Gasteiger partial charge in [-0.05, 0) is 54.7 Å².